The minimum atomic E-state index is -0.228. The lowest BCUT2D eigenvalue weighted by atomic mass is 10.1. The average Bonchev–Trinajstić information content (AvgIpc) is 3.57. The first kappa shape index (κ1) is 20.9. The third-order valence-electron chi connectivity index (χ3n) is 6.05. The van der Waals surface area contributed by atoms with Crippen LogP contribution in [0.5, 0.6) is 0 Å². The number of carbonyl (C=O) groups is 1. The Kier molecular flexibility index (Phi) is 5.12. The van der Waals surface area contributed by atoms with Crippen molar-refractivity contribution in [2.24, 2.45) is 0 Å². The van der Waals surface area contributed by atoms with Gasteiger partial charge in [-0.05, 0) is 58.7 Å². The van der Waals surface area contributed by atoms with Crippen LogP contribution < -0.4 is 10.2 Å². The van der Waals surface area contributed by atoms with Gasteiger partial charge in [0.15, 0.2) is 5.65 Å². The highest BCUT2D eigenvalue weighted by Crippen LogP contribution is 2.41. The summed E-state index contributed by atoms with van der Waals surface area (Å²) in [6.07, 6.45) is 3.96. The maximum absolute atomic E-state index is 13.4. The van der Waals surface area contributed by atoms with Crippen molar-refractivity contribution in [3.05, 3.63) is 41.3 Å². The Morgan fingerprint density at radius 2 is 1.94 bits per heavy atom. The molecule has 1 aliphatic heterocycles. The van der Waals surface area contributed by atoms with Crippen LogP contribution in [0.1, 0.15) is 61.3 Å². The molecule has 0 spiro atoms. The molecule has 3 aromatic heterocycles. The van der Waals surface area contributed by atoms with Gasteiger partial charge in [-0.2, -0.15) is 5.10 Å². The number of nitrogens with one attached hydrogen (secondary N) is 1. The summed E-state index contributed by atoms with van der Waals surface area (Å²) in [7, 11) is 0. The van der Waals surface area contributed by atoms with Gasteiger partial charge in [-0.15, -0.1) is 0 Å². The number of morpholine rings is 1. The van der Waals surface area contributed by atoms with Gasteiger partial charge in [0.05, 0.1) is 47.3 Å². The van der Waals surface area contributed by atoms with Gasteiger partial charge < -0.3 is 15.0 Å². The highest BCUT2D eigenvalue weighted by Gasteiger charge is 2.30. The smallest absolute Gasteiger partial charge is 0.256 e. The summed E-state index contributed by atoms with van der Waals surface area (Å²) in [5, 5.41) is 8.59. The van der Waals surface area contributed by atoms with E-state index in [0.29, 0.717) is 30.4 Å². The Morgan fingerprint density at radius 3 is 2.56 bits per heavy atom. The average molecular weight is 435 g/mol. The lowest BCUT2D eigenvalue weighted by Gasteiger charge is -2.27. The van der Waals surface area contributed by atoms with Crippen LogP contribution in [0.4, 0.5) is 11.5 Å². The molecule has 0 atom stereocenters. The van der Waals surface area contributed by atoms with Crippen molar-refractivity contribution in [2.45, 2.75) is 52.0 Å². The van der Waals surface area contributed by atoms with Gasteiger partial charge >= 0.3 is 0 Å². The summed E-state index contributed by atoms with van der Waals surface area (Å²) in [4.78, 5) is 25.1. The predicted molar refractivity (Wildman–Crippen MR) is 124 cm³/mol. The fraction of sp³-hybridized carbons (Fsp3) is 0.500. The molecule has 2 fully saturated rings. The Bertz CT molecular complexity index is 1150. The number of amides is 1. The summed E-state index contributed by atoms with van der Waals surface area (Å²) < 4.78 is 7.35. The van der Waals surface area contributed by atoms with E-state index in [1.165, 1.54) is 0 Å². The number of aryl methyl sites for hydroxylation is 1. The molecule has 5 rings (SSSR count). The summed E-state index contributed by atoms with van der Waals surface area (Å²) in [5.41, 5.74) is 3.65. The largest absolute Gasteiger partial charge is 0.378 e. The molecule has 8 heteroatoms. The second-order valence-electron chi connectivity index (χ2n) is 9.69. The summed E-state index contributed by atoms with van der Waals surface area (Å²) in [5.74, 6) is 1.18. The number of fused-ring (bicyclic) bond motifs is 1. The minimum Gasteiger partial charge on any atom is -0.378 e. The van der Waals surface area contributed by atoms with Crippen molar-refractivity contribution < 1.29 is 9.53 Å². The fourth-order valence-electron chi connectivity index (χ4n) is 4.18. The van der Waals surface area contributed by atoms with Crippen LogP contribution in [0, 0.1) is 6.92 Å². The maximum Gasteiger partial charge on any atom is 0.256 e. The van der Waals surface area contributed by atoms with Crippen molar-refractivity contribution in [1.82, 2.24) is 19.7 Å². The molecule has 1 amide bonds. The molecule has 2 aliphatic rings. The number of hydrogen-bond donors (Lipinski definition) is 1. The zero-order chi connectivity index (χ0) is 22.5. The zero-order valence-corrected chi connectivity index (χ0v) is 19.2. The topological polar surface area (TPSA) is 85.2 Å². The molecule has 1 aliphatic carbocycles. The minimum absolute atomic E-state index is 0.156. The van der Waals surface area contributed by atoms with Gasteiger partial charge in [0.2, 0.25) is 0 Å². The van der Waals surface area contributed by atoms with E-state index < -0.39 is 0 Å². The predicted octanol–water partition coefficient (Wildman–Crippen LogP) is 3.86. The quantitative estimate of drug-likeness (QED) is 0.671. The third kappa shape index (κ3) is 3.95. The molecule has 0 bridgehead atoms. The van der Waals surface area contributed by atoms with Crippen molar-refractivity contribution >= 4 is 28.4 Å². The standard InChI is InChI=1S/C24H30N6O2/c1-15-21-18(13-19(16-5-6-16)27-22(21)30(28-15)24(2,3)4)23(31)26-17-7-8-20(25-14-17)29-9-11-32-12-10-29/h7-8,13-14,16H,5-6,9-12H2,1-4H3,(H,26,31). The number of anilines is 2. The Balaban J connectivity index is 1.47. The molecular weight excluding hydrogens is 404 g/mol. The first-order chi connectivity index (χ1) is 15.3. The Labute approximate surface area is 188 Å². The summed E-state index contributed by atoms with van der Waals surface area (Å²) in [6.45, 7) is 11.3. The van der Waals surface area contributed by atoms with E-state index in [1.54, 1.807) is 6.20 Å². The molecule has 1 N–H and O–H groups in total. The fourth-order valence-corrected chi connectivity index (χ4v) is 4.18. The number of aromatic nitrogens is 4. The lowest BCUT2D eigenvalue weighted by molar-refractivity contribution is 0.102. The van der Waals surface area contributed by atoms with Gasteiger partial charge in [-0.3, -0.25) is 4.79 Å². The molecule has 0 unspecified atom stereocenters. The Hall–Kier alpha value is -3.00. The third-order valence-corrected chi connectivity index (χ3v) is 6.05. The maximum atomic E-state index is 13.4. The van der Waals surface area contributed by atoms with Crippen molar-refractivity contribution in [2.75, 3.05) is 36.5 Å². The van der Waals surface area contributed by atoms with E-state index in [-0.39, 0.29) is 11.4 Å². The molecule has 0 aromatic carbocycles. The Morgan fingerprint density at radius 1 is 1.19 bits per heavy atom. The number of pyridine rings is 2. The van der Waals surface area contributed by atoms with Crippen LogP contribution >= 0.6 is 0 Å². The van der Waals surface area contributed by atoms with Crippen molar-refractivity contribution in [3.63, 3.8) is 0 Å². The van der Waals surface area contributed by atoms with Crippen LogP contribution in [-0.2, 0) is 10.3 Å². The first-order valence-corrected chi connectivity index (χ1v) is 11.3. The summed E-state index contributed by atoms with van der Waals surface area (Å²) >= 11 is 0. The number of ether oxygens (including phenoxy) is 1. The number of hydrogen-bond acceptors (Lipinski definition) is 6. The number of nitrogens with zero attached hydrogens (tertiary/aromatic N) is 5. The van der Waals surface area contributed by atoms with E-state index >= 15 is 0 Å². The van der Waals surface area contributed by atoms with Crippen molar-refractivity contribution in [3.8, 4) is 0 Å². The molecule has 1 saturated carbocycles. The number of rotatable bonds is 4. The molecule has 1 saturated heterocycles. The monoisotopic (exact) mass is 434 g/mol. The highest BCUT2D eigenvalue weighted by atomic mass is 16.5. The van der Waals surface area contributed by atoms with Gasteiger partial charge in [0.1, 0.15) is 5.82 Å². The molecule has 3 aromatic rings. The first-order valence-electron chi connectivity index (χ1n) is 11.3. The van der Waals surface area contributed by atoms with Gasteiger partial charge in [0, 0.05) is 24.7 Å². The molecule has 8 nitrogen and oxygen atoms in total. The molecule has 0 radical (unpaired) electrons. The van der Waals surface area contributed by atoms with Crippen LogP contribution in [0.15, 0.2) is 24.4 Å². The van der Waals surface area contributed by atoms with E-state index in [9.17, 15) is 4.79 Å². The van der Waals surface area contributed by atoms with Crippen molar-refractivity contribution in [1.29, 1.82) is 0 Å². The van der Waals surface area contributed by atoms with Gasteiger partial charge in [-0.25, -0.2) is 14.6 Å². The van der Waals surface area contributed by atoms with E-state index in [2.05, 4.69) is 36.0 Å². The molecule has 168 valence electrons. The van der Waals surface area contributed by atoms with E-state index in [1.807, 2.05) is 29.8 Å². The van der Waals surface area contributed by atoms with Gasteiger partial charge in [-0.1, -0.05) is 0 Å². The highest BCUT2D eigenvalue weighted by molar-refractivity contribution is 6.12. The lowest BCUT2D eigenvalue weighted by Crippen LogP contribution is -2.36. The molecule has 4 heterocycles. The normalized spacial score (nSPS) is 17.1. The van der Waals surface area contributed by atoms with Crippen LogP contribution in [-0.4, -0.2) is 52.0 Å². The summed E-state index contributed by atoms with van der Waals surface area (Å²) in [6, 6.07) is 5.80. The van der Waals surface area contributed by atoms with E-state index in [4.69, 9.17) is 14.8 Å². The second-order valence-corrected chi connectivity index (χ2v) is 9.69. The van der Waals surface area contributed by atoms with Crippen LogP contribution in [0.2, 0.25) is 0 Å². The zero-order valence-electron chi connectivity index (χ0n) is 19.2. The second kappa shape index (κ2) is 7.85. The van der Waals surface area contributed by atoms with E-state index in [0.717, 1.165) is 54.2 Å². The molecule has 32 heavy (non-hydrogen) atoms. The SMILES string of the molecule is Cc1nn(C(C)(C)C)c2nc(C3CC3)cc(C(=O)Nc3ccc(N4CCOCC4)nc3)c12. The molecular formula is C24H30N6O2. The van der Waals surface area contributed by atoms with Crippen LogP contribution in [0.3, 0.4) is 0 Å². The van der Waals surface area contributed by atoms with Crippen LogP contribution in [0.25, 0.3) is 11.0 Å². The number of carbonyl (C=O) groups excluding carboxylic acids is 1. The van der Waals surface area contributed by atoms with Gasteiger partial charge in [0.25, 0.3) is 5.91 Å².